The van der Waals surface area contributed by atoms with E-state index < -0.39 is 0 Å². The normalized spacial score (nSPS) is 14.2. The Balaban J connectivity index is 1.63. The minimum Gasteiger partial charge on any atom is -0.316 e. The fourth-order valence-corrected chi connectivity index (χ4v) is 4.19. The molecular formula is C19H21N5OS. The number of carbonyl (C=O) groups is 1. The molecule has 26 heavy (non-hydrogen) atoms. The first-order valence-electron chi connectivity index (χ1n) is 8.91. The molecule has 0 aliphatic heterocycles. The summed E-state index contributed by atoms with van der Waals surface area (Å²) in [4.78, 5) is 23.9. The second-order valence-corrected chi connectivity index (χ2v) is 7.26. The summed E-state index contributed by atoms with van der Waals surface area (Å²) in [6.45, 7) is 4.59. The van der Waals surface area contributed by atoms with Gasteiger partial charge >= 0.3 is 0 Å². The molecule has 0 atom stereocenters. The number of hydrogen-bond donors (Lipinski definition) is 0. The van der Waals surface area contributed by atoms with E-state index >= 15 is 0 Å². The molecule has 2 aromatic heterocycles. The van der Waals surface area contributed by atoms with Crippen LogP contribution in [0, 0.1) is 6.92 Å². The van der Waals surface area contributed by atoms with Crippen LogP contribution in [0.5, 0.6) is 0 Å². The Hall–Kier alpha value is -2.41. The maximum Gasteiger partial charge on any atom is 0.237 e. The third kappa shape index (κ3) is 3.07. The highest BCUT2D eigenvalue weighted by atomic mass is 32.2. The minimum atomic E-state index is 0.116. The summed E-state index contributed by atoms with van der Waals surface area (Å²) in [5, 5.41) is 6.14. The molecule has 0 radical (unpaired) electrons. The van der Waals surface area contributed by atoms with Gasteiger partial charge in [-0.05, 0) is 45.2 Å². The number of carbonyl (C=O) groups excluding carboxylic acids is 1. The van der Waals surface area contributed by atoms with Crippen LogP contribution in [0.2, 0.25) is 0 Å². The highest BCUT2D eigenvalue weighted by Crippen LogP contribution is 2.26. The monoisotopic (exact) mass is 367 g/mol. The Morgan fingerprint density at radius 1 is 1.31 bits per heavy atom. The summed E-state index contributed by atoms with van der Waals surface area (Å²) in [5.74, 6) is 1.15. The molecule has 1 aliphatic rings. The Kier molecular flexibility index (Phi) is 4.63. The number of benzene rings is 1. The van der Waals surface area contributed by atoms with Crippen LogP contribution >= 0.6 is 11.8 Å². The van der Waals surface area contributed by atoms with Crippen molar-refractivity contribution in [2.24, 2.45) is 0 Å². The van der Waals surface area contributed by atoms with Gasteiger partial charge in [-0.25, -0.2) is 9.97 Å². The molecule has 3 aromatic rings. The fraction of sp³-hybridized carbons (Fsp3) is 0.368. The molecule has 1 aliphatic carbocycles. The van der Waals surface area contributed by atoms with E-state index in [1.54, 1.807) is 4.52 Å². The predicted molar refractivity (Wildman–Crippen MR) is 103 cm³/mol. The van der Waals surface area contributed by atoms with Crippen molar-refractivity contribution in [2.45, 2.75) is 38.3 Å². The summed E-state index contributed by atoms with van der Waals surface area (Å²) < 4.78 is 1.75. The van der Waals surface area contributed by atoms with Gasteiger partial charge in [0, 0.05) is 17.6 Å². The molecule has 2 heterocycles. The molecule has 0 N–H and O–H groups in total. The number of para-hydroxylation sites is 1. The van der Waals surface area contributed by atoms with Crippen molar-refractivity contribution in [1.82, 2.24) is 24.5 Å². The van der Waals surface area contributed by atoms with Gasteiger partial charge in [0.05, 0.1) is 11.3 Å². The zero-order chi connectivity index (χ0) is 18.1. The number of thioether (sulfide) groups is 1. The second kappa shape index (κ2) is 7.07. The number of allylic oxidation sites excluding steroid dienone is 2. The smallest absolute Gasteiger partial charge is 0.237 e. The van der Waals surface area contributed by atoms with Gasteiger partial charge in [0.2, 0.25) is 5.91 Å². The van der Waals surface area contributed by atoms with Crippen molar-refractivity contribution < 1.29 is 4.79 Å². The first-order valence-corrected chi connectivity index (χ1v) is 9.90. The van der Waals surface area contributed by atoms with Crippen molar-refractivity contribution in [2.75, 3.05) is 12.3 Å². The molecule has 0 saturated heterocycles. The van der Waals surface area contributed by atoms with E-state index in [4.69, 9.17) is 4.98 Å². The molecule has 6 nitrogen and oxygen atoms in total. The molecule has 0 bridgehead atoms. The molecule has 4 rings (SSSR count). The lowest BCUT2D eigenvalue weighted by molar-refractivity contribution is -0.126. The minimum absolute atomic E-state index is 0.116. The summed E-state index contributed by atoms with van der Waals surface area (Å²) in [7, 11) is 0. The van der Waals surface area contributed by atoms with Gasteiger partial charge in [-0.15, -0.1) is 5.10 Å². The lowest BCUT2D eigenvalue weighted by atomic mass is 10.2. The fourth-order valence-electron chi connectivity index (χ4n) is 3.37. The van der Waals surface area contributed by atoms with Crippen molar-refractivity contribution >= 4 is 34.2 Å². The number of hydrogen-bond acceptors (Lipinski definition) is 5. The number of amides is 1. The van der Waals surface area contributed by atoms with Crippen LogP contribution in [0.15, 0.2) is 41.2 Å². The molecule has 1 amide bonds. The Morgan fingerprint density at radius 2 is 2.15 bits per heavy atom. The highest BCUT2D eigenvalue weighted by Gasteiger charge is 2.20. The number of aryl methyl sites for hydroxylation is 1. The maximum absolute atomic E-state index is 12.7. The van der Waals surface area contributed by atoms with Crippen LogP contribution in [0.25, 0.3) is 16.6 Å². The molecule has 0 unspecified atom stereocenters. The zero-order valence-electron chi connectivity index (χ0n) is 15.0. The molecule has 0 saturated carbocycles. The van der Waals surface area contributed by atoms with E-state index in [1.807, 2.05) is 43.0 Å². The molecule has 0 spiro atoms. The van der Waals surface area contributed by atoms with Gasteiger partial charge < -0.3 is 4.90 Å². The predicted octanol–water partition coefficient (Wildman–Crippen LogP) is 3.59. The van der Waals surface area contributed by atoms with Gasteiger partial charge in [0.25, 0.3) is 0 Å². The second-order valence-electron chi connectivity index (χ2n) is 6.32. The van der Waals surface area contributed by atoms with E-state index in [0.717, 1.165) is 41.5 Å². The average molecular weight is 367 g/mol. The molecule has 0 fully saturated rings. The Bertz CT molecular complexity index is 1010. The van der Waals surface area contributed by atoms with E-state index in [-0.39, 0.29) is 5.91 Å². The quantitative estimate of drug-likeness (QED) is 0.509. The van der Waals surface area contributed by atoms with Crippen LogP contribution in [-0.2, 0) is 4.79 Å². The third-order valence-electron chi connectivity index (χ3n) is 4.56. The molecule has 134 valence electrons. The van der Waals surface area contributed by atoms with Gasteiger partial charge in [-0.3, -0.25) is 4.79 Å². The lowest BCUT2D eigenvalue weighted by Gasteiger charge is -2.22. The van der Waals surface area contributed by atoms with Crippen LogP contribution < -0.4 is 0 Å². The van der Waals surface area contributed by atoms with Crippen LogP contribution in [0.4, 0.5) is 0 Å². The third-order valence-corrected chi connectivity index (χ3v) is 5.47. The van der Waals surface area contributed by atoms with E-state index in [2.05, 4.69) is 16.2 Å². The first-order chi connectivity index (χ1) is 12.7. The lowest BCUT2D eigenvalue weighted by Crippen LogP contribution is -2.31. The van der Waals surface area contributed by atoms with Crippen molar-refractivity contribution in [3.8, 4) is 0 Å². The number of fused-ring (bicyclic) bond motifs is 3. The van der Waals surface area contributed by atoms with Crippen LogP contribution in [-0.4, -0.2) is 42.7 Å². The van der Waals surface area contributed by atoms with E-state index in [9.17, 15) is 4.79 Å². The van der Waals surface area contributed by atoms with Gasteiger partial charge in [0.15, 0.2) is 10.8 Å². The molecule has 1 aromatic carbocycles. The van der Waals surface area contributed by atoms with Crippen molar-refractivity contribution in [3.05, 3.63) is 41.9 Å². The molecule has 7 heteroatoms. The highest BCUT2D eigenvalue weighted by molar-refractivity contribution is 7.99. The standard InChI is InChI=1S/C19H21N5OS/c1-3-23(14-8-4-5-9-14)17(25)12-26-19-21-16-11-7-6-10-15(16)18-20-13(2)22-24(18)19/h6-8,10-11H,3-5,9,12H2,1-2H3. The summed E-state index contributed by atoms with van der Waals surface area (Å²) >= 11 is 1.42. The van der Waals surface area contributed by atoms with Gasteiger partial charge in [-0.2, -0.15) is 4.52 Å². The zero-order valence-corrected chi connectivity index (χ0v) is 15.8. The largest absolute Gasteiger partial charge is 0.316 e. The van der Waals surface area contributed by atoms with E-state index in [1.165, 1.54) is 11.8 Å². The number of nitrogens with zero attached hydrogens (tertiary/aromatic N) is 5. The van der Waals surface area contributed by atoms with Crippen molar-refractivity contribution in [1.29, 1.82) is 0 Å². The number of rotatable bonds is 5. The SMILES string of the molecule is CCN(C(=O)CSc1nc2ccccc2c2nc(C)nn12)C1=CCCC1. The van der Waals surface area contributed by atoms with E-state index in [0.29, 0.717) is 23.3 Å². The van der Waals surface area contributed by atoms with Crippen LogP contribution in [0.1, 0.15) is 32.0 Å². The topological polar surface area (TPSA) is 63.4 Å². The Morgan fingerprint density at radius 3 is 2.92 bits per heavy atom. The van der Waals surface area contributed by atoms with Gasteiger partial charge in [0.1, 0.15) is 5.82 Å². The first kappa shape index (κ1) is 17.0. The van der Waals surface area contributed by atoms with Crippen molar-refractivity contribution in [3.63, 3.8) is 0 Å². The summed E-state index contributed by atoms with van der Waals surface area (Å²) in [6, 6.07) is 7.89. The van der Waals surface area contributed by atoms with Gasteiger partial charge in [-0.1, -0.05) is 30.0 Å². The van der Waals surface area contributed by atoms with Crippen LogP contribution in [0.3, 0.4) is 0 Å². The summed E-state index contributed by atoms with van der Waals surface area (Å²) in [5.41, 5.74) is 2.81. The average Bonchev–Trinajstić information content (AvgIpc) is 3.30. The number of aromatic nitrogens is 4. The maximum atomic E-state index is 12.7. The molecular weight excluding hydrogens is 346 g/mol. The Labute approximate surface area is 156 Å². The summed E-state index contributed by atoms with van der Waals surface area (Å²) in [6.07, 6.45) is 5.37.